The maximum absolute atomic E-state index is 12.3. The van der Waals surface area contributed by atoms with Crippen LogP contribution in [-0.4, -0.2) is 31.4 Å². The first kappa shape index (κ1) is 14.4. The number of rotatable bonds is 4. The highest BCUT2D eigenvalue weighted by molar-refractivity contribution is 5.94. The number of pyridine rings is 1. The van der Waals surface area contributed by atoms with E-state index in [4.69, 9.17) is 0 Å². The van der Waals surface area contributed by atoms with Gasteiger partial charge in [0.1, 0.15) is 11.5 Å². The number of hydrogen-bond donors (Lipinski definition) is 1. The standard InChI is InChI=1S/C18H17N5O/c1-13-21-15-4-2-3-5-16(15)23(13)11-9-20-18(24)14-6-7-17-19-8-10-22(17)12-14/h2-8,10,12H,9,11H2,1H3,(H,20,24). The van der Waals surface area contributed by atoms with Crippen molar-refractivity contribution < 1.29 is 4.79 Å². The largest absolute Gasteiger partial charge is 0.350 e. The summed E-state index contributed by atoms with van der Waals surface area (Å²) >= 11 is 0. The third kappa shape index (κ3) is 2.52. The highest BCUT2D eigenvalue weighted by atomic mass is 16.1. The fourth-order valence-electron chi connectivity index (χ4n) is 2.92. The Bertz CT molecular complexity index is 1030. The molecule has 0 fully saturated rings. The number of aromatic nitrogens is 4. The molecule has 0 aliphatic carbocycles. The van der Waals surface area contributed by atoms with E-state index in [9.17, 15) is 4.79 Å². The first-order chi connectivity index (χ1) is 11.7. The SMILES string of the molecule is Cc1nc2ccccc2n1CCNC(=O)c1ccc2nccn2c1. The molecule has 0 aliphatic heterocycles. The fourth-order valence-corrected chi connectivity index (χ4v) is 2.92. The van der Waals surface area contributed by atoms with Crippen LogP contribution in [-0.2, 0) is 6.54 Å². The Labute approximate surface area is 138 Å². The number of para-hydroxylation sites is 2. The molecule has 120 valence electrons. The zero-order valence-corrected chi connectivity index (χ0v) is 13.3. The summed E-state index contributed by atoms with van der Waals surface area (Å²) in [5.41, 5.74) is 3.51. The Balaban J connectivity index is 1.46. The molecule has 0 saturated heterocycles. The lowest BCUT2D eigenvalue weighted by Gasteiger charge is -2.09. The van der Waals surface area contributed by atoms with Crippen LogP contribution >= 0.6 is 0 Å². The quantitative estimate of drug-likeness (QED) is 0.628. The van der Waals surface area contributed by atoms with Gasteiger partial charge in [-0.1, -0.05) is 12.1 Å². The number of nitrogens with zero attached hydrogens (tertiary/aromatic N) is 4. The van der Waals surface area contributed by atoms with E-state index in [2.05, 4.69) is 19.9 Å². The average Bonchev–Trinajstić information content (AvgIpc) is 3.18. The summed E-state index contributed by atoms with van der Waals surface area (Å²) in [7, 11) is 0. The van der Waals surface area contributed by atoms with E-state index in [1.807, 2.05) is 47.9 Å². The summed E-state index contributed by atoms with van der Waals surface area (Å²) in [6, 6.07) is 11.6. The van der Waals surface area contributed by atoms with Gasteiger partial charge in [0.15, 0.2) is 0 Å². The number of amides is 1. The molecule has 0 radical (unpaired) electrons. The predicted molar refractivity (Wildman–Crippen MR) is 92.0 cm³/mol. The molecule has 0 atom stereocenters. The lowest BCUT2D eigenvalue weighted by Crippen LogP contribution is -2.27. The van der Waals surface area contributed by atoms with E-state index < -0.39 is 0 Å². The molecule has 6 nitrogen and oxygen atoms in total. The second-order valence-corrected chi connectivity index (χ2v) is 5.67. The van der Waals surface area contributed by atoms with E-state index in [0.717, 1.165) is 22.5 Å². The highest BCUT2D eigenvalue weighted by Gasteiger charge is 2.09. The minimum absolute atomic E-state index is 0.0901. The summed E-state index contributed by atoms with van der Waals surface area (Å²) in [5.74, 6) is 0.859. The van der Waals surface area contributed by atoms with Crippen LogP contribution in [0.2, 0.25) is 0 Å². The number of aryl methyl sites for hydroxylation is 1. The maximum Gasteiger partial charge on any atom is 0.252 e. The van der Waals surface area contributed by atoms with Gasteiger partial charge in [-0.2, -0.15) is 0 Å². The first-order valence-corrected chi connectivity index (χ1v) is 7.85. The molecule has 0 aliphatic rings. The maximum atomic E-state index is 12.3. The van der Waals surface area contributed by atoms with Crippen molar-refractivity contribution in [3.05, 3.63) is 66.4 Å². The third-order valence-corrected chi connectivity index (χ3v) is 4.12. The van der Waals surface area contributed by atoms with E-state index in [1.54, 1.807) is 18.5 Å². The van der Waals surface area contributed by atoms with Crippen LogP contribution in [0, 0.1) is 6.92 Å². The second kappa shape index (κ2) is 5.81. The highest BCUT2D eigenvalue weighted by Crippen LogP contribution is 2.14. The topological polar surface area (TPSA) is 64.2 Å². The lowest BCUT2D eigenvalue weighted by atomic mass is 10.2. The summed E-state index contributed by atoms with van der Waals surface area (Å²) < 4.78 is 3.96. The molecule has 6 heteroatoms. The van der Waals surface area contributed by atoms with Crippen LogP contribution in [0.15, 0.2) is 55.0 Å². The van der Waals surface area contributed by atoms with E-state index in [0.29, 0.717) is 18.7 Å². The molecule has 1 N–H and O–H groups in total. The van der Waals surface area contributed by atoms with Gasteiger partial charge in [-0.3, -0.25) is 4.79 Å². The minimum Gasteiger partial charge on any atom is -0.350 e. The van der Waals surface area contributed by atoms with Crippen molar-refractivity contribution in [3.63, 3.8) is 0 Å². The van der Waals surface area contributed by atoms with Gasteiger partial charge in [0.2, 0.25) is 0 Å². The minimum atomic E-state index is -0.0901. The Kier molecular flexibility index (Phi) is 3.49. The Morgan fingerprint density at radius 3 is 3.00 bits per heavy atom. The second-order valence-electron chi connectivity index (χ2n) is 5.67. The van der Waals surface area contributed by atoms with Crippen LogP contribution in [0.25, 0.3) is 16.7 Å². The summed E-state index contributed by atoms with van der Waals surface area (Å²) in [6.45, 7) is 3.21. The van der Waals surface area contributed by atoms with Crippen molar-refractivity contribution >= 4 is 22.6 Å². The van der Waals surface area contributed by atoms with Gasteiger partial charge in [-0.15, -0.1) is 0 Å². The van der Waals surface area contributed by atoms with Gasteiger partial charge in [0.05, 0.1) is 16.6 Å². The van der Waals surface area contributed by atoms with Crippen LogP contribution in [0.5, 0.6) is 0 Å². The van der Waals surface area contributed by atoms with Crippen molar-refractivity contribution in [1.29, 1.82) is 0 Å². The Hall–Kier alpha value is -3.15. The first-order valence-electron chi connectivity index (χ1n) is 7.85. The zero-order chi connectivity index (χ0) is 16.5. The normalized spacial score (nSPS) is 11.2. The number of carbonyl (C=O) groups excluding carboxylic acids is 1. The molecule has 1 aromatic carbocycles. The smallest absolute Gasteiger partial charge is 0.252 e. The van der Waals surface area contributed by atoms with E-state index in [1.165, 1.54) is 0 Å². The molecule has 3 heterocycles. The van der Waals surface area contributed by atoms with Crippen LogP contribution in [0.1, 0.15) is 16.2 Å². The van der Waals surface area contributed by atoms with Gasteiger partial charge < -0.3 is 14.3 Å². The number of imidazole rings is 2. The Morgan fingerprint density at radius 1 is 1.21 bits per heavy atom. The summed E-state index contributed by atoms with van der Waals surface area (Å²) in [6.07, 6.45) is 5.33. The van der Waals surface area contributed by atoms with Crippen molar-refractivity contribution in [3.8, 4) is 0 Å². The van der Waals surface area contributed by atoms with Crippen LogP contribution in [0.3, 0.4) is 0 Å². The Morgan fingerprint density at radius 2 is 2.08 bits per heavy atom. The average molecular weight is 319 g/mol. The van der Waals surface area contributed by atoms with Gasteiger partial charge >= 0.3 is 0 Å². The number of fused-ring (bicyclic) bond motifs is 2. The number of nitrogens with one attached hydrogen (secondary N) is 1. The lowest BCUT2D eigenvalue weighted by molar-refractivity contribution is 0.0952. The molecular weight excluding hydrogens is 302 g/mol. The zero-order valence-electron chi connectivity index (χ0n) is 13.3. The van der Waals surface area contributed by atoms with E-state index >= 15 is 0 Å². The molecule has 1 amide bonds. The molecule has 0 unspecified atom stereocenters. The number of hydrogen-bond acceptors (Lipinski definition) is 3. The molecule has 0 bridgehead atoms. The van der Waals surface area contributed by atoms with E-state index in [-0.39, 0.29) is 5.91 Å². The van der Waals surface area contributed by atoms with Gasteiger partial charge in [-0.05, 0) is 31.2 Å². The summed E-state index contributed by atoms with van der Waals surface area (Å²) in [4.78, 5) is 21.0. The molecule has 24 heavy (non-hydrogen) atoms. The molecular formula is C18H17N5O. The van der Waals surface area contributed by atoms with Crippen molar-refractivity contribution in [2.75, 3.05) is 6.54 Å². The number of benzene rings is 1. The van der Waals surface area contributed by atoms with Crippen molar-refractivity contribution in [1.82, 2.24) is 24.3 Å². The molecule has 3 aromatic heterocycles. The van der Waals surface area contributed by atoms with Crippen molar-refractivity contribution in [2.45, 2.75) is 13.5 Å². The van der Waals surface area contributed by atoms with Gasteiger partial charge in [0.25, 0.3) is 5.91 Å². The van der Waals surface area contributed by atoms with Gasteiger partial charge in [0, 0.05) is 31.7 Å². The van der Waals surface area contributed by atoms with Gasteiger partial charge in [-0.25, -0.2) is 9.97 Å². The van der Waals surface area contributed by atoms with Crippen LogP contribution in [0.4, 0.5) is 0 Å². The van der Waals surface area contributed by atoms with Crippen molar-refractivity contribution in [2.24, 2.45) is 0 Å². The molecule has 4 aromatic rings. The fraction of sp³-hybridized carbons (Fsp3) is 0.167. The molecule has 0 spiro atoms. The molecule has 4 rings (SSSR count). The monoisotopic (exact) mass is 319 g/mol. The predicted octanol–water partition coefficient (Wildman–Crippen LogP) is 2.42. The number of carbonyl (C=O) groups is 1. The molecule has 0 saturated carbocycles. The van der Waals surface area contributed by atoms with Crippen LogP contribution < -0.4 is 5.32 Å². The summed E-state index contributed by atoms with van der Waals surface area (Å²) in [5, 5.41) is 2.96. The third-order valence-electron chi connectivity index (χ3n) is 4.12.